The number of alkyl halides is 3. The van der Waals surface area contributed by atoms with Gasteiger partial charge in [0.1, 0.15) is 17.9 Å². The molecule has 198 valence electrons. The molecule has 3 aromatic rings. The number of rotatable bonds is 6. The minimum atomic E-state index is -4.72. The Hall–Kier alpha value is -3.96. The Morgan fingerprint density at radius 1 is 1.13 bits per heavy atom. The summed E-state index contributed by atoms with van der Waals surface area (Å²) in [6, 6.07) is 6.15. The van der Waals surface area contributed by atoms with Crippen molar-refractivity contribution in [1.82, 2.24) is 24.6 Å². The lowest BCUT2D eigenvalue weighted by Gasteiger charge is -2.27. The monoisotopic (exact) mass is 548 g/mol. The summed E-state index contributed by atoms with van der Waals surface area (Å²) in [7, 11) is -4.09. The van der Waals surface area contributed by atoms with E-state index in [1.807, 2.05) is 6.07 Å². The van der Waals surface area contributed by atoms with Crippen LogP contribution in [0.4, 0.5) is 17.6 Å². The van der Waals surface area contributed by atoms with Crippen LogP contribution in [-0.2, 0) is 27.5 Å². The molecule has 1 amide bonds. The van der Waals surface area contributed by atoms with Crippen LogP contribution in [0.1, 0.15) is 36.8 Å². The number of nitrogens with zero attached hydrogens (tertiary/aromatic N) is 5. The van der Waals surface area contributed by atoms with Gasteiger partial charge in [0.05, 0.1) is 22.7 Å². The maximum atomic E-state index is 13.3. The second-order valence-electron chi connectivity index (χ2n) is 8.57. The van der Waals surface area contributed by atoms with Crippen molar-refractivity contribution in [3.8, 4) is 17.2 Å². The maximum absolute atomic E-state index is 13.3. The molecule has 1 fully saturated rings. The van der Waals surface area contributed by atoms with Gasteiger partial charge in [0.25, 0.3) is 0 Å². The molecule has 14 heteroatoms. The Labute approximate surface area is 215 Å². The third-order valence-electron chi connectivity index (χ3n) is 6.03. The first-order valence-corrected chi connectivity index (χ1v) is 12.7. The Morgan fingerprint density at radius 3 is 2.39 bits per heavy atom. The molecule has 1 aliphatic rings. The van der Waals surface area contributed by atoms with Crippen LogP contribution in [0.25, 0.3) is 11.1 Å². The lowest BCUT2D eigenvalue weighted by atomic mass is 10.0. The lowest BCUT2D eigenvalue weighted by molar-refractivity contribution is -0.145. The summed E-state index contributed by atoms with van der Waals surface area (Å²) in [5.41, 5.74) is 0.692. The average Bonchev–Trinajstić information content (AvgIpc) is 3.29. The van der Waals surface area contributed by atoms with Gasteiger partial charge >= 0.3 is 6.18 Å². The first-order valence-electron chi connectivity index (χ1n) is 11.3. The van der Waals surface area contributed by atoms with E-state index in [1.54, 1.807) is 6.92 Å². The standard InChI is InChI=1S/C24H20F4N6O3S/c1-14-2-7-21(34(14)38(36,37)19-5-3-17(25)4-6-19)22(35)31-13-18-8-20(15(9-29)10-30-18)16-11-32-23(33-12-16)24(26,27)28/h3-6,8,10-12,14,21H,2,7,13H2,1H3,(H,31,35)/t14-,21-/m0/s1. The fourth-order valence-corrected chi connectivity index (χ4v) is 6.01. The van der Waals surface area contributed by atoms with Crippen molar-refractivity contribution in [1.29, 1.82) is 5.26 Å². The number of hydrogen-bond acceptors (Lipinski definition) is 7. The van der Waals surface area contributed by atoms with E-state index in [0.717, 1.165) is 41.0 Å². The maximum Gasteiger partial charge on any atom is 0.451 e. The second-order valence-corrected chi connectivity index (χ2v) is 10.4. The number of carbonyl (C=O) groups is 1. The molecule has 0 unspecified atom stereocenters. The van der Waals surface area contributed by atoms with Crippen molar-refractivity contribution in [3.63, 3.8) is 0 Å². The number of amides is 1. The number of nitriles is 1. The highest BCUT2D eigenvalue weighted by molar-refractivity contribution is 7.89. The smallest absolute Gasteiger partial charge is 0.349 e. The highest BCUT2D eigenvalue weighted by atomic mass is 32.2. The largest absolute Gasteiger partial charge is 0.451 e. The van der Waals surface area contributed by atoms with E-state index in [2.05, 4.69) is 20.3 Å². The summed E-state index contributed by atoms with van der Waals surface area (Å²) in [5, 5.41) is 12.0. The van der Waals surface area contributed by atoms with Crippen molar-refractivity contribution < 1.29 is 30.8 Å². The van der Waals surface area contributed by atoms with E-state index in [-0.39, 0.29) is 40.2 Å². The third-order valence-corrected chi connectivity index (χ3v) is 8.07. The van der Waals surface area contributed by atoms with E-state index < -0.39 is 45.8 Å². The van der Waals surface area contributed by atoms with Gasteiger partial charge in [-0.3, -0.25) is 9.78 Å². The van der Waals surface area contributed by atoms with E-state index in [9.17, 15) is 36.0 Å². The highest BCUT2D eigenvalue weighted by Gasteiger charge is 2.43. The summed E-state index contributed by atoms with van der Waals surface area (Å²) in [6.07, 6.45) is -0.940. The summed E-state index contributed by atoms with van der Waals surface area (Å²) >= 11 is 0. The molecule has 2 atom stereocenters. The van der Waals surface area contributed by atoms with E-state index >= 15 is 0 Å². The summed E-state index contributed by atoms with van der Waals surface area (Å²) in [6.45, 7) is 1.53. The van der Waals surface area contributed by atoms with Gasteiger partial charge in [-0.2, -0.15) is 22.7 Å². The molecule has 3 heterocycles. The first-order chi connectivity index (χ1) is 17.9. The molecule has 1 N–H and O–H groups in total. The molecule has 38 heavy (non-hydrogen) atoms. The van der Waals surface area contributed by atoms with Gasteiger partial charge < -0.3 is 5.32 Å². The molecule has 9 nitrogen and oxygen atoms in total. The van der Waals surface area contributed by atoms with Crippen LogP contribution in [0.5, 0.6) is 0 Å². The third kappa shape index (κ3) is 5.48. The van der Waals surface area contributed by atoms with Crippen molar-refractivity contribution in [2.75, 3.05) is 0 Å². The van der Waals surface area contributed by atoms with Gasteiger partial charge in [0, 0.05) is 35.8 Å². The fraction of sp³-hybridized carbons (Fsp3) is 0.292. The molecule has 1 saturated heterocycles. The van der Waals surface area contributed by atoms with Gasteiger partial charge in [-0.25, -0.2) is 22.8 Å². The van der Waals surface area contributed by atoms with Crippen LogP contribution < -0.4 is 5.32 Å². The minimum absolute atomic E-state index is 0.0598. The number of hydrogen-bond donors (Lipinski definition) is 1. The lowest BCUT2D eigenvalue weighted by Crippen LogP contribution is -2.48. The molecule has 0 radical (unpaired) electrons. The van der Waals surface area contributed by atoms with E-state index in [0.29, 0.717) is 6.42 Å². The molecule has 1 aliphatic heterocycles. The van der Waals surface area contributed by atoms with Crippen LogP contribution in [0.2, 0.25) is 0 Å². The fourth-order valence-electron chi connectivity index (χ4n) is 4.17. The average molecular weight is 549 g/mol. The second kappa shape index (κ2) is 10.4. The molecule has 4 rings (SSSR count). The zero-order valence-electron chi connectivity index (χ0n) is 19.8. The Morgan fingerprint density at radius 2 is 1.79 bits per heavy atom. The van der Waals surface area contributed by atoms with Crippen molar-refractivity contribution >= 4 is 15.9 Å². The number of aromatic nitrogens is 3. The molecule has 0 saturated carbocycles. The molecule has 0 aliphatic carbocycles. The van der Waals surface area contributed by atoms with Crippen LogP contribution in [-0.4, -0.2) is 45.7 Å². The zero-order chi connectivity index (χ0) is 27.7. The van der Waals surface area contributed by atoms with Gasteiger partial charge in [-0.15, -0.1) is 0 Å². The Balaban J connectivity index is 1.53. The van der Waals surface area contributed by atoms with E-state index in [4.69, 9.17) is 0 Å². The number of benzene rings is 1. The van der Waals surface area contributed by atoms with Gasteiger partial charge in [-0.1, -0.05) is 0 Å². The van der Waals surface area contributed by atoms with E-state index in [1.165, 1.54) is 12.3 Å². The summed E-state index contributed by atoms with van der Waals surface area (Å²) in [4.78, 5) is 23.6. The molecule has 0 bridgehead atoms. The van der Waals surface area contributed by atoms with Crippen LogP contribution >= 0.6 is 0 Å². The Bertz CT molecular complexity index is 1490. The zero-order valence-corrected chi connectivity index (χ0v) is 20.6. The number of halogens is 4. The van der Waals surface area contributed by atoms with Crippen molar-refractivity contribution in [3.05, 3.63) is 71.8 Å². The van der Waals surface area contributed by atoms with Crippen molar-refractivity contribution in [2.45, 2.75) is 49.5 Å². The number of nitrogens with one attached hydrogen (secondary N) is 1. The molecule has 2 aromatic heterocycles. The normalized spacial score (nSPS) is 18.2. The molecular formula is C24H20F4N6O3S. The SMILES string of the molecule is C[C@H]1CC[C@@H](C(=O)NCc2cc(-c3cnc(C(F)(F)F)nc3)c(C#N)cn2)N1S(=O)(=O)c1ccc(F)cc1. The summed E-state index contributed by atoms with van der Waals surface area (Å²) < 4.78 is 79.2. The van der Waals surface area contributed by atoms with Gasteiger partial charge in [0.15, 0.2) is 0 Å². The predicted octanol–water partition coefficient (Wildman–Crippen LogP) is 3.43. The van der Waals surface area contributed by atoms with Crippen LogP contribution in [0.3, 0.4) is 0 Å². The topological polar surface area (TPSA) is 129 Å². The molecular weight excluding hydrogens is 528 g/mol. The predicted molar refractivity (Wildman–Crippen MR) is 125 cm³/mol. The number of carbonyl (C=O) groups excluding carboxylic acids is 1. The minimum Gasteiger partial charge on any atom is -0.349 e. The molecule has 1 aromatic carbocycles. The van der Waals surface area contributed by atoms with Gasteiger partial charge in [-0.05, 0) is 50.1 Å². The summed E-state index contributed by atoms with van der Waals surface area (Å²) in [5.74, 6) is -2.50. The van der Waals surface area contributed by atoms with Gasteiger partial charge in [0.2, 0.25) is 21.8 Å². The number of sulfonamides is 1. The van der Waals surface area contributed by atoms with Crippen molar-refractivity contribution in [2.24, 2.45) is 0 Å². The molecule has 0 spiro atoms. The Kier molecular flexibility index (Phi) is 7.43. The number of pyridine rings is 1. The van der Waals surface area contributed by atoms with Crippen LogP contribution in [0.15, 0.2) is 53.8 Å². The van der Waals surface area contributed by atoms with Crippen LogP contribution in [0, 0.1) is 17.1 Å². The quantitative estimate of drug-likeness (QED) is 0.468. The first kappa shape index (κ1) is 27.1. The highest BCUT2D eigenvalue weighted by Crippen LogP contribution is 2.32.